The first-order valence-corrected chi connectivity index (χ1v) is 4.25. The lowest BCUT2D eigenvalue weighted by molar-refractivity contribution is -0.385. The number of nitro groups is 1. The predicted molar refractivity (Wildman–Crippen MR) is 50.9 cm³/mol. The van der Waals surface area contributed by atoms with Crippen molar-refractivity contribution < 1.29 is 9.66 Å². The van der Waals surface area contributed by atoms with Gasteiger partial charge in [0.1, 0.15) is 12.2 Å². The number of nitrogens with zero attached hydrogens (tertiary/aromatic N) is 1. The summed E-state index contributed by atoms with van der Waals surface area (Å²) < 4.78 is 5.22. The molecule has 1 aromatic carbocycles. The lowest BCUT2D eigenvalue weighted by Crippen LogP contribution is -1.94. The first-order valence-electron chi connectivity index (χ1n) is 4.25. The van der Waals surface area contributed by atoms with Crippen molar-refractivity contribution in [3.63, 3.8) is 0 Å². The van der Waals surface area contributed by atoms with Crippen molar-refractivity contribution in [1.29, 1.82) is 0 Å². The smallest absolute Gasteiger partial charge is 0.275 e. The molecule has 0 aromatic heterocycles. The van der Waals surface area contributed by atoms with Gasteiger partial charge in [-0.2, -0.15) is 0 Å². The van der Waals surface area contributed by atoms with E-state index in [9.17, 15) is 10.1 Å². The van der Waals surface area contributed by atoms with E-state index in [1.165, 1.54) is 6.07 Å². The largest absolute Gasteiger partial charge is 0.360 e. The maximum Gasteiger partial charge on any atom is 0.275 e. The summed E-state index contributed by atoms with van der Waals surface area (Å²) in [5.74, 6) is 0. The summed E-state index contributed by atoms with van der Waals surface area (Å²) in [6, 6.07) is 6.61. The highest BCUT2D eigenvalue weighted by atomic mass is 16.6. The number of nitro benzene ring substituents is 1. The van der Waals surface area contributed by atoms with Gasteiger partial charge in [0.2, 0.25) is 0 Å². The number of hydrogen-bond acceptors (Lipinski definition) is 3. The Kier molecular flexibility index (Phi) is 2.05. The third-order valence-corrected chi connectivity index (χ3v) is 2.20. The van der Waals surface area contributed by atoms with E-state index >= 15 is 0 Å². The molecular formula is C10H9NO3. The van der Waals surface area contributed by atoms with Gasteiger partial charge in [0.15, 0.2) is 0 Å². The van der Waals surface area contributed by atoms with Gasteiger partial charge in [0.05, 0.1) is 10.5 Å². The zero-order chi connectivity index (χ0) is 10.1. The molecule has 0 bridgehead atoms. The fourth-order valence-corrected chi connectivity index (χ4v) is 1.45. The molecule has 0 radical (unpaired) electrons. The Hall–Kier alpha value is -1.68. The highest BCUT2D eigenvalue weighted by molar-refractivity contribution is 5.44. The summed E-state index contributed by atoms with van der Waals surface area (Å²) in [6.45, 7) is 3.58. The molecule has 72 valence electrons. The van der Waals surface area contributed by atoms with Gasteiger partial charge in [0, 0.05) is 6.07 Å². The number of benzene rings is 1. The summed E-state index contributed by atoms with van der Waals surface area (Å²) in [6.07, 6.45) is 1.40. The molecule has 4 heteroatoms. The minimum Gasteiger partial charge on any atom is -0.360 e. The zero-order valence-corrected chi connectivity index (χ0v) is 7.42. The quantitative estimate of drug-likeness (QED) is 0.318. The van der Waals surface area contributed by atoms with Crippen LogP contribution in [0.4, 0.5) is 5.69 Å². The summed E-state index contributed by atoms with van der Waals surface area (Å²) in [7, 11) is 0. The summed E-state index contributed by atoms with van der Waals surface area (Å²) in [5, 5.41) is 10.7. The molecule has 1 saturated heterocycles. The molecule has 0 unspecified atom stereocenters. The highest BCUT2D eigenvalue weighted by Gasteiger charge is 2.41. The van der Waals surface area contributed by atoms with Gasteiger partial charge in [-0.05, 0) is 6.07 Å². The van der Waals surface area contributed by atoms with E-state index in [1.807, 2.05) is 0 Å². The van der Waals surface area contributed by atoms with Crippen LogP contribution in [-0.2, 0) is 4.74 Å². The average molecular weight is 191 g/mol. The molecule has 1 fully saturated rings. The third kappa shape index (κ3) is 1.40. The first-order chi connectivity index (χ1) is 6.74. The number of epoxide rings is 1. The van der Waals surface area contributed by atoms with Crippen molar-refractivity contribution in [1.82, 2.24) is 0 Å². The van der Waals surface area contributed by atoms with Crippen LogP contribution in [0.5, 0.6) is 0 Å². The van der Waals surface area contributed by atoms with E-state index in [2.05, 4.69) is 6.58 Å². The van der Waals surface area contributed by atoms with E-state index in [1.54, 1.807) is 24.3 Å². The number of para-hydroxylation sites is 1. The Bertz CT molecular complexity index is 389. The zero-order valence-electron chi connectivity index (χ0n) is 7.42. The fourth-order valence-electron chi connectivity index (χ4n) is 1.45. The highest BCUT2D eigenvalue weighted by Crippen LogP contribution is 2.42. The van der Waals surface area contributed by atoms with Gasteiger partial charge in [-0.25, -0.2) is 0 Å². The molecular weight excluding hydrogens is 182 g/mol. The number of ether oxygens (including phenoxy) is 1. The van der Waals surface area contributed by atoms with Crippen LogP contribution in [0.1, 0.15) is 11.7 Å². The maximum absolute atomic E-state index is 10.7. The van der Waals surface area contributed by atoms with Crippen molar-refractivity contribution in [3.8, 4) is 0 Å². The monoisotopic (exact) mass is 191 g/mol. The van der Waals surface area contributed by atoms with Gasteiger partial charge < -0.3 is 4.74 Å². The number of hydrogen-bond donors (Lipinski definition) is 0. The van der Waals surface area contributed by atoms with Crippen LogP contribution in [0.25, 0.3) is 0 Å². The van der Waals surface area contributed by atoms with Gasteiger partial charge in [-0.1, -0.05) is 18.2 Å². The molecule has 2 rings (SSSR count). The lowest BCUT2D eigenvalue weighted by Gasteiger charge is -1.97. The molecule has 1 aliphatic heterocycles. The summed E-state index contributed by atoms with van der Waals surface area (Å²) in [4.78, 5) is 10.3. The standard InChI is InChI=1S/C10H9NO3/c1-2-9-10(14-9)7-5-3-4-6-8(7)11(12)13/h2-6,9-10H,1H2/t9-,10-/m0/s1. The van der Waals surface area contributed by atoms with Crippen molar-refractivity contribution in [2.24, 2.45) is 0 Å². The van der Waals surface area contributed by atoms with Crippen LogP contribution >= 0.6 is 0 Å². The second kappa shape index (κ2) is 3.23. The molecule has 0 N–H and O–H groups in total. The molecule has 1 aromatic rings. The van der Waals surface area contributed by atoms with Crippen molar-refractivity contribution in [2.75, 3.05) is 0 Å². The SMILES string of the molecule is C=C[C@@H]1O[C@H]1c1ccccc1[N+](=O)[O-]. The van der Waals surface area contributed by atoms with E-state index in [0.29, 0.717) is 5.56 Å². The Morgan fingerprint density at radius 3 is 2.79 bits per heavy atom. The minimum absolute atomic E-state index is 0.0731. The van der Waals surface area contributed by atoms with Crippen molar-refractivity contribution in [2.45, 2.75) is 12.2 Å². The second-order valence-corrected chi connectivity index (χ2v) is 3.07. The maximum atomic E-state index is 10.7. The van der Waals surface area contributed by atoms with Crippen LogP contribution in [-0.4, -0.2) is 11.0 Å². The second-order valence-electron chi connectivity index (χ2n) is 3.07. The molecule has 0 saturated carbocycles. The molecule has 1 heterocycles. The van der Waals surface area contributed by atoms with E-state index in [0.717, 1.165) is 0 Å². The molecule has 2 atom stereocenters. The van der Waals surface area contributed by atoms with E-state index < -0.39 is 4.92 Å². The predicted octanol–water partition coefficient (Wildman–Crippen LogP) is 2.22. The number of rotatable bonds is 3. The Morgan fingerprint density at radius 1 is 1.50 bits per heavy atom. The van der Waals surface area contributed by atoms with Crippen LogP contribution in [0.15, 0.2) is 36.9 Å². The molecule has 0 aliphatic carbocycles. The first kappa shape index (κ1) is 8.90. The Balaban J connectivity index is 2.34. The van der Waals surface area contributed by atoms with Crippen molar-refractivity contribution in [3.05, 3.63) is 52.6 Å². The fraction of sp³-hybridized carbons (Fsp3) is 0.200. The van der Waals surface area contributed by atoms with Crippen LogP contribution in [0.3, 0.4) is 0 Å². The lowest BCUT2D eigenvalue weighted by atomic mass is 10.1. The Morgan fingerprint density at radius 2 is 2.21 bits per heavy atom. The van der Waals surface area contributed by atoms with Crippen molar-refractivity contribution >= 4 is 5.69 Å². The van der Waals surface area contributed by atoms with Gasteiger partial charge in [0.25, 0.3) is 5.69 Å². The Labute approximate surface area is 81.0 Å². The molecule has 0 amide bonds. The molecule has 0 spiro atoms. The van der Waals surface area contributed by atoms with Gasteiger partial charge in [-0.3, -0.25) is 10.1 Å². The van der Waals surface area contributed by atoms with E-state index in [-0.39, 0.29) is 17.9 Å². The average Bonchev–Trinajstić information content (AvgIpc) is 2.96. The normalized spacial score (nSPS) is 24.3. The summed E-state index contributed by atoms with van der Waals surface area (Å²) >= 11 is 0. The van der Waals surface area contributed by atoms with E-state index in [4.69, 9.17) is 4.74 Å². The van der Waals surface area contributed by atoms with Crippen LogP contribution < -0.4 is 0 Å². The van der Waals surface area contributed by atoms with Crippen LogP contribution in [0.2, 0.25) is 0 Å². The van der Waals surface area contributed by atoms with Crippen LogP contribution in [0, 0.1) is 10.1 Å². The topological polar surface area (TPSA) is 55.7 Å². The van der Waals surface area contributed by atoms with Gasteiger partial charge in [-0.15, -0.1) is 6.58 Å². The molecule has 4 nitrogen and oxygen atoms in total. The third-order valence-electron chi connectivity index (χ3n) is 2.20. The minimum atomic E-state index is -0.392. The van der Waals surface area contributed by atoms with Gasteiger partial charge >= 0.3 is 0 Å². The molecule has 1 aliphatic rings. The summed E-state index contributed by atoms with van der Waals surface area (Å²) in [5.41, 5.74) is 0.740. The molecule has 14 heavy (non-hydrogen) atoms.